The molecule has 0 aliphatic rings. The molecule has 0 aromatic heterocycles. The molecule has 21 heavy (non-hydrogen) atoms. The fourth-order valence-corrected chi connectivity index (χ4v) is 2.35. The van der Waals surface area contributed by atoms with Gasteiger partial charge in [-0.05, 0) is 36.6 Å². The van der Waals surface area contributed by atoms with Gasteiger partial charge < -0.3 is 10.0 Å². The molecular formula is C18H21NO2. The van der Waals surface area contributed by atoms with Gasteiger partial charge in [0.1, 0.15) is 0 Å². The van der Waals surface area contributed by atoms with Gasteiger partial charge in [-0.25, -0.2) is 0 Å². The summed E-state index contributed by atoms with van der Waals surface area (Å²) in [6.07, 6.45) is 0.750. The number of rotatable bonds is 7. The van der Waals surface area contributed by atoms with Crippen LogP contribution in [0.15, 0.2) is 54.6 Å². The number of hydrogen-bond acceptors (Lipinski definition) is 2. The molecule has 2 rings (SSSR count). The Morgan fingerprint density at radius 2 is 1.76 bits per heavy atom. The van der Waals surface area contributed by atoms with Crippen molar-refractivity contribution in [2.75, 3.05) is 11.4 Å². The third kappa shape index (κ3) is 4.63. The van der Waals surface area contributed by atoms with E-state index in [1.165, 1.54) is 5.56 Å². The highest BCUT2D eigenvalue weighted by Gasteiger charge is 2.07. The minimum atomic E-state index is -0.753. The topological polar surface area (TPSA) is 40.5 Å². The first-order chi connectivity index (χ1) is 10.2. The van der Waals surface area contributed by atoms with Crippen LogP contribution in [-0.2, 0) is 17.8 Å². The molecule has 0 radical (unpaired) electrons. The molecule has 1 N–H and O–H groups in total. The van der Waals surface area contributed by atoms with Gasteiger partial charge in [0.25, 0.3) is 0 Å². The SMILES string of the molecule is CCN(Cc1ccccc1)c1cccc(CCC(=O)O)c1. The molecule has 0 heterocycles. The van der Waals surface area contributed by atoms with E-state index in [-0.39, 0.29) is 6.42 Å². The van der Waals surface area contributed by atoms with E-state index in [0.717, 1.165) is 24.3 Å². The summed E-state index contributed by atoms with van der Waals surface area (Å²) in [7, 11) is 0. The van der Waals surface area contributed by atoms with Crippen molar-refractivity contribution in [1.82, 2.24) is 0 Å². The molecule has 3 heteroatoms. The van der Waals surface area contributed by atoms with Crippen molar-refractivity contribution in [3.05, 3.63) is 65.7 Å². The molecule has 3 nitrogen and oxygen atoms in total. The molecule has 0 spiro atoms. The Hall–Kier alpha value is -2.29. The van der Waals surface area contributed by atoms with Crippen molar-refractivity contribution in [3.8, 4) is 0 Å². The zero-order chi connectivity index (χ0) is 15.1. The number of anilines is 1. The molecular weight excluding hydrogens is 262 g/mol. The summed E-state index contributed by atoms with van der Waals surface area (Å²) in [5, 5.41) is 8.78. The van der Waals surface area contributed by atoms with Crippen LogP contribution in [0.1, 0.15) is 24.5 Å². The fraction of sp³-hybridized carbons (Fsp3) is 0.278. The van der Waals surface area contributed by atoms with Crippen LogP contribution >= 0.6 is 0 Å². The lowest BCUT2D eigenvalue weighted by Gasteiger charge is -2.24. The van der Waals surface area contributed by atoms with E-state index >= 15 is 0 Å². The minimum Gasteiger partial charge on any atom is -0.481 e. The summed E-state index contributed by atoms with van der Waals surface area (Å²) < 4.78 is 0. The highest BCUT2D eigenvalue weighted by molar-refractivity contribution is 5.67. The van der Waals surface area contributed by atoms with Crippen molar-refractivity contribution >= 4 is 11.7 Å². The van der Waals surface area contributed by atoms with Crippen molar-refractivity contribution in [2.45, 2.75) is 26.3 Å². The third-order valence-electron chi connectivity index (χ3n) is 3.50. The second-order valence-corrected chi connectivity index (χ2v) is 5.06. The molecule has 0 aliphatic heterocycles. The summed E-state index contributed by atoms with van der Waals surface area (Å²) in [5.74, 6) is -0.753. The quantitative estimate of drug-likeness (QED) is 0.841. The van der Waals surface area contributed by atoms with E-state index < -0.39 is 5.97 Å². The lowest BCUT2D eigenvalue weighted by Crippen LogP contribution is -2.22. The second-order valence-electron chi connectivity index (χ2n) is 5.06. The first-order valence-electron chi connectivity index (χ1n) is 7.28. The van der Waals surface area contributed by atoms with E-state index in [1.54, 1.807) is 0 Å². The third-order valence-corrected chi connectivity index (χ3v) is 3.50. The molecule has 0 unspecified atom stereocenters. The van der Waals surface area contributed by atoms with Gasteiger partial charge in [0.2, 0.25) is 0 Å². The summed E-state index contributed by atoms with van der Waals surface area (Å²) in [4.78, 5) is 13.0. The molecule has 0 fully saturated rings. The molecule has 0 aliphatic carbocycles. The number of aliphatic carboxylic acids is 1. The molecule has 110 valence electrons. The van der Waals surface area contributed by atoms with E-state index in [0.29, 0.717) is 6.42 Å². The number of carboxylic acids is 1. The van der Waals surface area contributed by atoms with E-state index in [1.807, 2.05) is 30.3 Å². The number of nitrogens with zero attached hydrogens (tertiary/aromatic N) is 1. The molecule has 2 aromatic carbocycles. The minimum absolute atomic E-state index is 0.175. The van der Waals surface area contributed by atoms with Gasteiger partial charge in [-0.15, -0.1) is 0 Å². The predicted octanol–water partition coefficient (Wildman–Crippen LogP) is 3.73. The van der Waals surface area contributed by atoms with Gasteiger partial charge in [0, 0.05) is 25.2 Å². The van der Waals surface area contributed by atoms with Crippen LogP contribution in [0.5, 0.6) is 0 Å². The number of aryl methyl sites for hydroxylation is 1. The normalized spacial score (nSPS) is 10.3. The summed E-state index contributed by atoms with van der Waals surface area (Å²) in [6.45, 7) is 3.91. The first-order valence-corrected chi connectivity index (χ1v) is 7.28. The molecule has 2 aromatic rings. The molecule has 0 atom stereocenters. The highest BCUT2D eigenvalue weighted by atomic mass is 16.4. The largest absolute Gasteiger partial charge is 0.481 e. The van der Waals surface area contributed by atoms with Crippen LogP contribution < -0.4 is 4.90 Å². The van der Waals surface area contributed by atoms with Crippen LogP contribution in [0.25, 0.3) is 0 Å². The van der Waals surface area contributed by atoms with E-state index in [4.69, 9.17) is 5.11 Å². The molecule has 0 saturated carbocycles. The summed E-state index contributed by atoms with van der Waals surface area (Å²) in [5.41, 5.74) is 3.49. The smallest absolute Gasteiger partial charge is 0.303 e. The number of carboxylic acid groups (broad SMARTS) is 1. The van der Waals surface area contributed by atoms with Crippen molar-refractivity contribution in [2.24, 2.45) is 0 Å². The number of benzene rings is 2. The Labute approximate surface area is 125 Å². The maximum Gasteiger partial charge on any atom is 0.303 e. The standard InChI is InChI=1S/C18H21NO2/c1-2-19(14-16-7-4-3-5-8-16)17-10-6-9-15(13-17)11-12-18(20)21/h3-10,13H,2,11-12,14H2,1H3,(H,20,21). The Morgan fingerprint density at radius 1 is 1.05 bits per heavy atom. The van der Waals surface area contributed by atoms with Crippen LogP contribution in [0.3, 0.4) is 0 Å². The van der Waals surface area contributed by atoms with Gasteiger partial charge in [-0.2, -0.15) is 0 Å². The van der Waals surface area contributed by atoms with Crippen molar-refractivity contribution in [3.63, 3.8) is 0 Å². The molecule has 0 saturated heterocycles. The summed E-state index contributed by atoms with van der Waals surface area (Å²) >= 11 is 0. The maximum absolute atomic E-state index is 10.7. The fourth-order valence-electron chi connectivity index (χ4n) is 2.35. The summed E-state index contributed by atoms with van der Waals surface area (Å²) in [6, 6.07) is 18.5. The van der Waals surface area contributed by atoms with Crippen molar-refractivity contribution in [1.29, 1.82) is 0 Å². The predicted molar refractivity (Wildman–Crippen MR) is 85.6 cm³/mol. The number of hydrogen-bond donors (Lipinski definition) is 1. The van der Waals surface area contributed by atoms with Gasteiger partial charge in [-0.3, -0.25) is 4.79 Å². The Morgan fingerprint density at radius 3 is 2.43 bits per heavy atom. The van der Waals surface area contributed by atoms with E-state index in [9.17, 15) is 4.79 Å². The van der Waals surface area contributed by atoms with Gasteiger partial charge in [0.15, 0.2) is 0 Å². The monoisotopic (exact) mass is 283 g/mol. The van der Waals surface area contributed by atoms with Crippen LogP contribution in [-0.4, -0.2) is 17.6 Å². The van der Waals surface area contributed by atoms with Gasteiger partial charge in [0.05, 0.1) is 0 Å². The van der Waals surface area contributed by atoms with Gasteiger partial charge in [-0.1, -0.05) is 42.5 Å². The maximum atomic E-state index is 10.7. The zero-order valence-corrected chi connectivity index (χ0v) is 12.3. The lowest BCUT2D eigenvalue weighted by molar-refractivity contribution is -0.136. The zero-order valence-electron chi connectivity index (χ0n) is 12.3. The first kappa shape index (κ1) is 15.1. The van der Waals surface area contributed by atoms with Crippen molar-refractivity contribution < 1.29 is 9.90 Å². The molecule has 0 amide bonds. The second kappa shape index (κ2) is 7.48. The van der Waals surface area contributed by atoms with Crippen LogP contribution in [0.4, 0.5) is 5.69 Å². The average Bonchev–Trinajstić information content (AvgIpc) is 2.52. The number of carbonyl (C=O) groups is 1. The van der Waals surface area contributed by atoms with Crippen LogP contribution in [0, 0.1) is 0 Å². The van der Waals surface area contributed by atoms with Crippen LogP contribution in [0.2, 0.25) is 0 Å². The Bertz CT molecular complexity index is 581. The Kier molecular flexibility index (Phi) is 5.38. The average molecular weight is 283 g/mol. The lowest BCUT2D eigenvalue weighted by atomic mass is 10.1. The highest BCUT2D eigenvalue weighted by Crippen LogP contribution is 2.19. The Balaban J connectivity index is 2.10. The molecule has 0 bridgehead atoms. The van der Waals surface area contributed by atoms with E-state index in [2.05, 4.69) is 36.1 Å². The van der Waals surface area contributed by atoms with Gasteiger partial charge >= 0.3 is 5.97 Å².